The summed E-state index contributed by atoms with van der Waals surface area (Å²) in [6.45, 7) is 2.03. The molecule has 7 heteroatoms. The SMILES string of the molecule is CCOC(=O)/C=c1\[nH]c(=S)s\c1=C/c1ccc(C(=O)[O-])cc1. The van der Waals surface area contributed by atoms with Crippen molar-refractivity contribution in [2.45, 2.75) is 6.92 Å². The molecular formula is C15H12NO4S2-. The fourth-order valence-electron chi connectivity index (χ4n) is 1.73. The Morgan fingerprint density at radius 1 is 1.36 bits per heavy atom. The van der Waals surface area contributed by atoms with Gasteiger partial charge in [0.05, 0.1) is 22.5 Å². The van der Waals surface area contributed by atoms with Gasteiger partial charge in [0.15, 0.2) is 3.95 Å². The molecule has 0 saturated carbocycles. The summed E-state index contributed by atoms with van der Waals surface area (Å²) in [5.41, 5.74) is 0.894. The van der Waals surface area contributed by atoms with Crippen LogP contribution in [-0.4, -0.2) is 23.5 Å². The zero-order valence-electron chi connectivity index (χ0n) is 11.6. The van der Waals surface area contributed by atoms with Gasteiger partial charge in [-0.1, -0.05) is 24.3 Å². The molecule has 2 rings (SSSR count). The fraction of sp³-hybridized carbons (Fsp3) is 0.133. The number of nitrogens with one attached hydrogen (secondary N) is 1. The number of hydrogen-bond acceptors (Lipinski definition) is 6. The average Bonchev–Trinajstić information content (AvgIpc) is 2.79. The molecule has 5 nitrogen and oxygen atoms in total. The Morgan fingerprint density at radius 2 is 2.05 bits per heavy atom. The summed E-state index contributed by atoms with van der Waals surface area (Å²) < 4.78 is 6.17. The van der Waals surface area contributed by atoms with Crippen molar-refractivity contribution >= 4 is 47.6 Å². The van der Waals surface area contributed by atoms with Crippen LogP contribution in [0.15, 0.2) is 24.3 Å². The first-order valence-electron chi connectivity index (χ1n) is 6.40. The van der Waals surface area contributed by atoms with Crippen LogP contribution in [0.3, 0.4) is 0 Å². The third-order valence-electron chi connectivity index (χ3n) is 2.70. The van der Waals surface area contributed by atoms with Crippen LogP contribution in [0.5, 0.6) is 0 Å². The summed E-state index contributed by atoms with van der Waals surface area (Å²) in [6.07, 6.45) is 3.15. The summed E-state index contributed by atoms with van der Waals surface area (Å²) in [6, 6.07) is 6.23. The summed E-state index contributed by atoms with van der Waals surface area (Å²) in [5.74, 6) is -1.67. The number of aromatic carboxylic acids is 1. The smallest absolute Gasteiger partial charge is 0.332 e. The molecule has 2 aromatic rings. The van der Waals surface area contributed by atoms with E-state index < -0.39 is 11.9 Å². The Balaban J connectivity index is 2.46. The number of aromatic amines is 1. The van der Waals surface area contributed by atoms with Crippen LogP contribution >= 0.6 is 23.6 Å². The lowest BCUT2D eigenvalue weighted by atomic mass is 10.1. The molecule has 22 heavy (non-hydrogen) atoms. The maximum absolute atomic E-state index is 11.5. The normalized spacial score (nSPS) is 12.4. The van der Waals surface area contributed by atoms with Gasteiger partial charge in [-0.05, 0) is 36.3 Å². The number of carbonyl (C=O) groups excluding carboxylic acids is 2. The van der Waals surface area contributed by atoms with E-state index in [1.54, 1.807) is 25.1 Å². The molecule has 0 fully saturated rings. The lowest BCUT2D eigenvalue weighted by Crippen LogP contribution is -2.23. The molecule has 1 aromatic heterocycles. The van der Waals surface area contributed by atoms with Gasteiger partial charge < -0.3 is 19.6 Å². The van der Waals surface area contributed by atoms with E-state index >= 15 is 0 Å². The number of ether oxygens (including phenoxy) is 1. The minimum absolute atomic E-state index is 0.108. The first kappa shape index (κ1) is 16.1. The molecule has 0 aliphatic heterocycles. The second-order valence-corrected chi connectivity index (χ2v) is 5.96. The van der Waals surface area contributed by atoms with E-state index in [0.717, 1.165) is 10.1 Å². The standard InChI is InChI=1S/C15H13NO4S2/c1-2-20-13(17)8-11-12(22-15(21)16-11)7-9-3-5-10(6-4-9)14(18)19/h3-8H,2H2,1H3,(H,16,21)(H,18,19)/p-1/b11-8-,12-7-. The Hall–Kier alpha value is -2.25. The second-order valence-electron chi connectivity index (χ2n) is 4.24. The lowest BCUT2D eigenvalue weighted by molar-refractivity contribution is -0.255. The lowest BCUT2D eigenvalue weighted by Gasteiger charge is -2.01. The van der Waals surface area contributed by atoms with Crippen molar-refractivity contribution in [3.05, 3.63) is 49.2 Å². The number of carboxylic acid groups (broad SMARTS) is 1. The largest absolute Gasteiger partial charge is 0.545 e. The van der Waals surface area contributed by atoms with Crippen molar-refractivity contribution in [1.29, 1.82) is 0 Å². The van der Waals surface area contributed by atoms with Gasteiger partial charge in [0.2, 0.25) is 0 Å². The number of rotatable bonds is 4. The van der Waals surface area contributed by atoms with Crippen LogP contribution < -0.4 is 15.0 Å². The minimum Gasteiger partial charge on any atom is -0.545 e. The van der Waals surface area contributed by atoms with Gasteiger partial charge in [-0.15, -0.1) is 11.3 Å². The zero-order valence-corrected chi connectivity index (χ0v) is 13.3. The second kappa shape index (κ2) is 7.15. The molecule has 0 atom stereocenters. The first-order valence-corrected chi connectivity index (χ1v) is 7.63. The third-order valence-corrected chi connectivity index (χ3v) is 3.89. The Labute approximate surface area is 135 Å². The quantitative estimate of drug-likeness (QED) is 0.644. The van der Waals surface area contributed by atoms with E-state index in [2.05, 4.69) is 4.98 Å². The van der Waals surface area contributed by atoms with E-state index in [1.165, 1.54) is 29.5 Å². The van der Waals surface area contributed by atoms with Crippen LogP contribution in [-0.2, 0) is 9.53 Å². The van der Waals surface area contributed by atoms with Crippen molar-refractivity contribution in [3.8, 4) is 0 Å². The first-order chi connectivity index (χ1) is 10.5. The van der Waals surface area contributed by atoms with Crippen LogP contribution in [0.25, 0.3) is 12.2 Å². The van der Waals surface area contributed by atoms with E-state index in [9.17, 15) is 14.7 Å². The molecule has 0 bridgehead atoms. The molecule has 1 N–H and O–H groups in total. The average molecular weight is 334 g/mol. The highest BCUT2D eigenvalue weighted by Crippen LogP contribution is 2.04. The van der Waals surface area contributed by atoms with E-state index in [-0.39, 0.29) is 5.56 Å². The number of thiazole rings is 1. The topological polar surface area (TPSA) is 82.2 Å². The van der Waals surface area contributed by atoms with Crippen LogP contribution in [0.1, 0.15) is 22.8 Å². The Morgan fingerprint density at radius 3 is 2.64 bits per heavy atom. The van der Waals surface area contributed by atoms with Crippen molar-refractivity contribution in [2.24, 2.45) is 0 Å². The number of aromatic nitrogens is 1. The van der Waals surface area contributed by atoms with Crippen molar-refractivity contribution in [3.63, 3.8) is 0 Å². The monoisotopic (exact) mass is 334 g/mol. The highest BCUT2D eigenvalue weighted by atomic mass is 32.1. The molecular weight excluding hydrogens is 322 g/mol. The molecule has 0 saturated heterocycles. The molecule has 1 heterocycles. The van der Waals surface area contributed by atoms with Gasteiger partial charge in [0.1, 0.15) is 0 Å². The number of benzene rings is 1. The fourth-order valence-corrected chi connectivity index (χ4v) is 2.89. The minimum atomic E-state index is -1.22. The van der Waals surface area contributed by atoms with Gasteiger partial charge in [-0.2, -0.15) is 0 Å². The molecule has 0 aliphatic carbocycles. The van der Waals surface area contributed by atoms with Gasteiger partial charge in [-0.3, -0.25) is 0 Å². The van der Waals surface area contributed by atoms with Crippen molar-refractivity contribution in [2.75, 3.05) is 6.61 Å². The van der Waals surface area contributed by atoms with E-state index in [0.29, 0.717) is 15.9 Å². The molecule has 0 radical (unpaired) electrons. The van der Waals surface area contributed by atoms with Gasteiger partial charge in [0.25, 0.3) is 0 Å². The number of H-pyrrole nitrogens is 1. The number of hydrogen-bond donors (Lipinski definition) is 1. The predicted octanol–water partition coefficient (Wildman–Crippen LogP) is 0.342. The summed E-state index contributed by atoms with van der Waals surface area (Å²) in [5, 5.41) is 11.3. The summed E-state index contributed by atoms with van der Waals surface area (Å²) in [4.78, 5) is 25.2. The number of carboxylic acids is 1. The van der Waals surface area contributed by atoms with Crippen LogP contribution in [0.4, 0.5) is 0 Å². The molecule has 0 amide bonds. The zero-order chi connectivity index (χ0) is 16.1. The molecule has 114 valence electrons. The van der Waals surface area contributed by atoms with E-state index in [4.69, 9.17) is 17.0 Å². The number of esters is 1. The summed E-state index contributed by atoms with van der Waals surface area (Å²) in [7, 11) is 0. The van der Waals surface area contributed by atoms with Crippen LogP contribution in [0, 0.1) is 3.95 Å². The van der Waals surface area contributed by atoms with Gasteiger partial charge in [0, 0.05) is 6.08 Å². The molecule has 0 aliphatic rings. The van der Waals surface area contributed by atoms with E-state index in [1.807, 2.05) is 0 Å². The maximum Gasteiger partial charge on any atom is 0.332 e. The molecule has 0 spiro atoms. The van der Waals surface area contributed by atoms with Crippen LogP contribution in [0.2, 0.25) is 0 Å². The molecule has 1 aromatic carbocycles. The highest BCUT2D eigenvalue weighted by Gasteiger charge is 1.99. The van der Waals surface area contributed by atoms with Crippen molar-refractivity contribution < 1.29 is 19.4 Å². The maximum atomic E-state index is 11.5. The predicted molar refractivity (Wildman–Crippen MR) is 84.2 cm³/mol. The van der Waals surface area contributed by atoms with Crippen molar-refractivity contribution in [1.82, 2.24) is 4.98 Å². The Bertz CT molecular complexity index is 862. The van der Waals surface area contributed by atoms with Gasteiger partial charge in [-0.25, -0.2) is 4.79 Å². The molecule has 0 unspecified atom stereocenters. The van der Waals surface area contributed by atoms with Gasteiger partial charge >= 0.3 is 5.97 Å². The Kier molecular flexibility index (Phi) is 5.24. The number of carbonyl (C=O) groups is 2. The third kappa shape index (κ3) is 4.12. The summed E-state index contributed by atoms with van der Waals surface area (Å²) >= 11 is 6.41. The highest BCUT2D eigenvalue weighted by molar-refractivity contribution is 7.73.